The molecule has 1 aromatic carbocycles. The van der Waals surface area contributed by atoms with Gasteiger partial charge in [-0.15, -0.1) is 0 Å². The van der Waals surface area contributed by atoms with E-state index >= 15 is 0 Å². The van der Waals surface area contributed by atoms with Crippen molar-refractivity contribution in [2.45, 2.75) is 25.8 Å². The number of likely N-dealkylation sites (tertiary alicyclic amines) is 1. The molecule has 0 saturated carbocycles. The lowest BCUT2D eigenvalue weighted by molar-refractivity contribution is -0.129. The van der Waals surface area contributed by atoms with E-state index in [2.05, 4.69) is 5.32 Å². The van der Waals surface area contributed by atoms with Crippen molar-refractivity contribution in [2.24, 2.45) is 0 Å². The fourth-order valence-corrected chi connectivity index (χ4v) is 2.19. The zero-order chi connectivity index (χ0) is 13.0. The van der Waals surface area contributed by atoms with Gasteiger partial charge in [-0.3, -0.25) is 4.79 Å². The van der Waals surface area contributed by atoms with Crippen molar-refractivity contribution in [3.63, 3.8) is 0 Å². The second kappa shape index (κ2) is 5.96. The third-order valence-electron chi connectivity index (χ3n) is 3.39. The Morgan fingerprint density at radius 2 is 1.94 bits per heavy atom. The average molecular weight is 250 g/mol. The largest absolute Gasteiger partial charge is 0.342 e. The third kappa shape index (κ3) is 3.29. The van der Waals surface area contributed by atoms with E-state index in [-0.39, 0.29) is 17.8 Å². The van der Waals surface area contributed by atoms with Crippen LogP contribution in [0.3, 0.4) is 0 Å². The van der Waals surface area contributed by atoms with Crippen LogP contribution in [0, 0.1) is 5.82 Å². The molecule has 1 amide bonds. The number of carbonyl (C=O) groups is 1. The van der Waals surface area contributed by atoms with E-state index in [9.17, 15) is 9.18 Å². The Labute approximate surface area is 107 Å². The number of benzene rings is 1. The molecule has 1 aliphatic heterocycles. The molecule has 0 aliphatic carbocycles. The van der Waals surface area contributed by atoms with E-state index in [1.54, 1.807) is 12.1 Å². The van der Waals surface area contributed by atoms with E-state index in [0.717, 1.165) is 31.5 Å². The Morgan fingerprint density at radius 3 is 2.56 bits per heavy atom. The highest BCUT2D eigenvalue weighted by Crippen LogP contribution is 2.13. The smallest absolute Gasteiger partial charge is 0.236 e. The lowest BCUT2D eigenvalue weighted by Gasteiger charge is -2.18. The van der Waals surface area contributed by atoms with Crippen molar-refractivity contribution < 1.29 is 9.18 Å². The van der Waals surface area contributed by atoms with Gasteiger partial charge in [-0.05, 0) is 37.5 Å². The normalized spacial score (nSPS) is 16.9. The number of carbonyl (C=O) groups excluding carboxylic acids is 1. The van der Waals surface area contributed by atoms with Gasteiger partial charge in [0.25, 0.3) is 0 Å². The molecular formula is C14H19FN2O. The van der Waals surface area contributed by atoms with Crippen molar-refractivity contribution in [1.29, 1.82) is 0 Å². The SMILES string of the molecule is C[C@H](NCC(=O)N1CCCC1)c1ccc(F)cc1. The van der Waals surface area contributed by atoms with Crippen LogP contribution in [0.4, 0.5) is 4.39 Å². The number of halogens is 1. The fraction of sp³-hybridized carbons (Fsp3) is 0.500. The second-order valence-electron chi connectivity index (χ2n) is 4.74. The highest BCUT2D eigenvalue weighted by molar-refractivity contribution is 5.78. The van der Waals surface area contributed by atoms with Crippen molar-refractivity contribution in [2.75, 3.05) is 19.6 Å². The first kappa shape index (κ1) is 13.0. The average Bonchev–Trinajstić information content (AvgIpc) is 2.90. The molecular weight excluding hydrogens is 231 g/mol. The number of hydrogen-bond acceptors (Lipinski definition) is 2. The Kier molecular flexibility index (Phi) is 4.31. The first-order valence-electron chi connectivity index (χ1n) is 6.43. The Bertz CT molecular complexity index is 399. The van der Waals surface area contributed by atoms with Crippen molar-refractivity contribution >= 4 is 5.91 Å². The molecule has 0 radical (unpaired) electrons. The molecule has 0 unspecified atom stereocenters. The molecule has 1 aliphatic rings. The second-order valence-corrected chi connectivity index (χ2v) is 4.74. The maximum Gasteiger partial charge on any atom is 0.236 e. The van der Waals surface area contributed by atoms with Gasteiger partial charge in [0.1, 0.15) is 5.82 Å². The fourth-order valence-electron chi connectivity index (χ4n) is 2.19. The van der Waals surface area contributed by atoms with Crippen LogP contribution in [0.25, 0.3) is 0 Å². The van der Waals surface area contributed by atoms with E-state index in [4.69, 9.17) is 0 Å². The van der Waals surface area contributed by atoms with Crippen LogP contribution in [0.5, 0.6) is 0 Å². The summed E-state index contributed by atoms with van der Waals surface area (Å²) in [6.45, 7) is 4.08. The standard InChI is InChI=1S/C14H19FN2O/c1-11(12-4-6-13(15)7-5-12)16-10-14(18)17-8-2-3-9-17/h4-7,11,16H,2-3,8-10H2,1H3/t11-/m0/s1. The molecule has 3 nitrogen and oxygen atoms in total. The van der Waals surface area contributed by atoms with E-state index < -0.39 is 0 Å². The van der Waals surface area contributed by atoms with Gasteiger partial charge >= 0.3 is 0 Å². The highest BCUT2D eigenvalue weighted by atomic mass is 19.1. The minimum atomic E-state index is -0.237. The molecule has 1 aromatic rings. The zero-order valence-electron chi connectivity index (χ0n) is 10.7. The van der Waals surface area contributed by atoms with Crippen LogP contribution in [-0.2, 0) is 4.79 Å². The monoisotopic (exact) mass is 250 g/mol. The van der Waals surface area contributed by atoms with Gasteiger partial charge in [0, 0.05) is 19.1 Å². The summed E-state index contributed by atoms with van der Waals surface area (Å²) in [6, 6.07) is 6.42. The topological polar surface area (TPSA) is 32.3 Å². The van der Waals surface area contributed by atoms with Crippen LogP contribution in [-0.4, -0.2) is 30.4 Å². The minimum Gasteiger partial charge on any atom is -0.342 e. The highest BCUT2D eigenvalue weighted by Gasteiger charge is 2.18. The molecule has 0 bridgehead atoms. The van der Waals surface area contributed by atoms with Crippen molar-refractivity contribution in [3.8, 4) is 0 Å². The van der Waals surface area contributed by atoms with Crippen LogP contribution in [0.15, 0.2) is 24.3 Å². The van der Waals surface area contributed by atoms with Crippen molar-refractivity contribution in [3.05, 3.63) is 35.6 Å². The summed E-state index contributed by atoms with van der Waals surface area (Å²) in [5.74, 6) is -0.0828. The summed E-state index contributed by atoms with van der Waals surface area (Å²) in [6.07, 6.45) is 2.22. The van der Waals surface area contributed by atoms with Gasteiger partial charge in [-0.2, -0.15) is 0 Å². The molecule has 18 heavy (non-hydrogen) atoms. The molecule has 2 rings (SSSR count). The maximum absolute atomic E-state index is 12.8. The summed E-state index contributed by atoms with van der Waals surface area (Å²) >= 11 is 0. The Hall–Kier alpha value is -1.42. The Morgan fingerprint density at radius 1 is 1.33 bits per heavy atom. The Balaban J connectivity index is 1.82. The van der Waals surface area contributed by atoms with Gasteiger partial charge < -0.3 is 10.2 Å². The van der Waals surface area contributed by atoms with E-state index in [1.807, 2.05) is 11.8 Å². The van der Waals surface area contributed by atoms with Gasteiger partial charge in [-0.1, -0.05) is 12.1 Å². The summed E-state index contributed by atoms with van der Waals surface area (Å²) in [7, 11) is 0. The third-order valence-corrected chi connectivity index (χ3v) is 3.39. The molecule has 1 heterocycles. The molecule has 98 valence electrons. The summed E-state index contributed by atoms with van der Waals surface area (Å²) in [5.41, 5.74) is 0.991. The molecule has 0 spiro atoms. The summed E-state index contributed by atoms with van der Waals surface area (Å²) in [5, 5.41) is 3.18. The summed E-state index contributed by atoms with van der Waals surface area (Å²) in [4.78, 5) is 13.7. The minimum absolute atomic E-state index is 0.0529. The molecule has 1 atom stereocenters. The van der Waals surface area contributed by atoms with Crippen molar-refractivity contribution in [1.82, 2.24) is 10.2 Å². The first-order valence-corrected chi connectivity index (χ1v) is 6.43. The molecule has 0 aromatic heterocycles. The first-order chi connectivity index (χ1) is 8.66. The number of nitrogens with zero attached hydrogens (tertiary/aromatic N) is 1. The molecule has 1 N–H and O–H groups in total. The van der Waals surface area contributed by atoms with Crippen LogP contribution < -0.4 is 5.32 Å². The zero-order valence-corrected chi connectivity index (χ0v) is 10.7. The summed E-state index contributed by atoms with van der Waals surface area (Å²) < 4.78 is 12.8. The lowest BCUT2D eigenvalue weighted by Crippen LogP contribution is -2.37. The predicted octanol–water partition coefficient (Wildman–Crippen LogP) is 2.10. The maximum atomic E-state index is 12.8. The van der Waals surface area contributed by atoms with Gasteiger partial charge in [-0.25, -0.2) is 4.39 Å². The van der Waals surface area contributed by atoms with Gasteiger partial charge in [0.2, 0.25) is 5.91 Å². The van der Waals surface area contributed by atoms with Gasteiger partial charge in [0.15, 0.2) is 0 Å². The number of hydrogen-bond donors (Lipinski definition) is 1. The van der Waals surface area contributed by atoms with E-state index in [0.29, 0.717) is 6.54 Å². The van der Waals surface area contributed by atoms with Crippen LogP contribution >= 0.6 is 0 Å². The number of nitrogens with one attached hydrogen (secondary N) is 1. The van der Waals surface area contributed by atoms with Crippen LogP contribution in [0.1, 0.15) is 31.4 Å². The van der Waals surface area contributed by atoms with E-state index in [1.165, 1.54) is 12.1 Å². The predicted molar refractivity (Wildman–Crippen MR) is 68.6 cm³/mol. The quantitative estimate of drug-likeness (QED) is 0.887. The lowest BCUT2D eigenvalue weighted by atomic mass is 10.1. The molecule has 1 fully saturated rings. The number of amides is 1. The van der Waals surface area contributed by atoms with Gasteiger partial charge in [0.05, 0.1) is 6.54 Å². The number of rotatable bonds is 4. The molecule has 1 saturated heterocycles. The van der Waals surface area contributed by atoms with Crippen LogP contribution in [0.2, 0.25) is 0 Å². The molecule has 4 heteroatoms.